The summed E-state index contributed by atoms with van der Waals surface area (Å²) in [4.78, 5) is 12.0. The fourth-order valence-electron chi connectivity index (χ4n) is 3.94. The number of rotatable bonds is 5. The molecular formula is C24H29F2NO4S. The summed E-state index contributed by atoms with van der Waals surface area (Å²) < 4.78 is 62.6. The minimum atomic E-state index is -3.77. The number of hydrogen-bond acceptors (Lipinski definition) is 4. The van der Waals surface area contributed by atoms with E-state index >= 15 is 0 Å². The molecule has 2 aromatic rings. The Bertz CT molecular complexity index is 1080. The van der Waals surface area contributed by atoms with Gasteiger partial charge >= 0.3 is 5.97 Å². The van der Waals surface area contributed by atoms with Crippen molar-refractivity contribution in [3.63, 3.8) is 0 Å². The van der Waals surface area contributed by atoms with E-state index in [1.807, 2.05) is 6.07 Å². The first-order valence-electron chi connectivity index (χ1n) is 10.6. The van der Waals surface area contributed by atoms with E-state index in [1.54, 1.807) is 52.0 Å². The van der Waals surface area contributed by atoms with E-state index in [0.717, 1.165) is 12.1 Å². The van der Waals surface area contributed by atoms with Crippen molar-refractivity contribution in [1.29, 1.82) is 0 Å². The normalized spacial score (nSPS) is 21.3. The molecule has 0 bridgehead atoms. The lowest BCUT2D eigenvalue weighted by atomic mass is 10.0. The molecular weight excluding hydrogens is 436 g/mol. The number of hydrogen-bond donors (Lipinski definition) is 0. The van der Waals surface area contributed by atoms with Crippen LogP contribution in [0.2, 0.25) is 0 Å². The third kappa shape index (κ3) is 5.53. The van der Waals surface area contributed by atoms with Crippen molar-refractivity contribution >= 4 is 16.0 Å². The molecule has 0 amide bonds. The first-order valence-corrected chi connectivity index (χ1v) is 12.1. The topological polar surface area (TPSA) is 63.7 Å². The average molecular weight is 466 g/mol. The molecule has 1 aliphatic rings. The Balaban J connectivity index is 1.84. The zero-order valence-corrected chi connectivity index (χ0v) is 19.6. The number of nitrogens with zero attached hydrogens (tertiary/aromatic N) is 1. The van der Waals surface area contributed by atoms with Gasteiger partial charge in [0.05, 0.1) is 6.42 Å². The third-order valence-electron chi connectivity index (χ3n) is 5.49. The van der Waals surface area contributed by atoms with Crippen LogP contribution in [-0.2, 0) is 32.5 Å². The predicted octanol–water partition coefficient (Wildman–Crippen LogP) is 4.90. The number of halogens is 2. The van der Waals surface area contributed by atoms with Gasteiger partial charge in [0.2, 0.25) is 10.0 Å². The van der Waals surface area contributed by atoms with Gasteiger partial charge in [0.15, 0.2) is 0 Å². The molecule has 174 valence electrons. The Morgan fingerprint density at radius 2 is 1.66 bits per heavy atom. The van der Waals surface area contributed by atoms with E-state index in [1.165, 1.54) is 4.31 Å². The highest BCUT2D eigenvalue weighted by Gasteiger charge is 2.40. The van der Waals surface area contributed by atoms with Gasteiger partial charge in [-0.2, -0.15) is 4.31 Å². The first-order chi connectivity index (χ1) is 14.9. The Morgan fingerprint density at radius 1 is 1.06 bits per heavy atom. The van der Waals surface area contributed by atoms with Crippen LogP contribution < -0.4 is 0 Å². The maximum Gasteiger partial charge on any atom is 0.310 e. The van der Waals surface area contributed by atoms with Gasteiger partial charge in [-0.3, -0.25) is 4.79 Å². The molecule has 0 radical (unpaired) electrons. The molecule has 8 heteroatoms. The molecule has 32 heavy (non-hydrogen) atoms. The summed E-state index contributed by atoms with van der Waals surface area (Å²) in [5.41, 5.74) is -0.249. The van der Waals surface area contributed by atoms with Gasteiger partial charge in [0.25, 0.3) is 0 Å². The van der Waals surface area contributed by atoms with E-state index in [2.05, 4.69) is 0 Å². The summed E-state index contributed by atoms with van der Waals surface area (Å²) >= 11 is 0. The Kier molecular flexibility index (Phi) is 7.05. The van der Waals surface area contributed by atoms with Crippen molar-refractivity contribution < 1.29 is 26.7 Å². The lowest BCUT2D eigenvalue weighted by Gasteiger charge is -2.37. The minimum Gasteiger partial charge on any atom is -0.460 e. The highest BCUT2D eigenvalue weighted by atomic mass is 32.2. The van der Waals surface area contributed by atoms with Crippen LogP contribution in [0.1, 0.15) is 62.5 Å². The quantitative estimate of drug-likeness (QED) is 0.589. The van der Waals surface area contributed by atoms with E-state index in [4.69, 9.17) is 4.74 Å². The monoisotopic (exact) mass is 465 g/mol. The van der Waals surface area contributed by atoms with Gasteiger partial charge in [0.1, 0.15) is 22.5 Å². The summed E-state index contributed by atoms with van der Waals surface area (Å²) in [5.74, 6) is -2.19. The molecule has 0 unspecified atom stereocenters. The van der Waals surface area contributed by atoms with Crippen LogP contribution in [0.25, 0.3) is 0 Å². The summed E-state index contributed by atoms with van der Waals surface area (Å²) in [6.45, 7) is 6.56. The van der Waals surface area contributed by atoms with Crippen molar-refractivity contribution in [3.05, 3.63) is 70.8 Å². The molecule has 3 rings (SSSR count). The number of ether oxygens (including phenoxy) is 1. The second-order valence-corrected chi connectivity index (χ2v) is 11.3. The van der Waals surface area contributed by atoms with Crippen molar-refractivity contribution in [2.75, 3.05) is 0 Å². The largest absolute Gasteiger partial charge is 0.460 e. The molecule has 1 heterocycles. The maximum absolute atomic E-state index is 14.8. The van der Waals surface area contributed by atoms with Crippen molar-refractivity contribution in [2.45, 2.75) is 70.4 Å². The molecule has 0 saturated carbocycles. The van der Waals surface area contributed by atoms with Gasteiger partial charge in [-0.1, -0.05) is 30.3 Å². The number of benzene rings is 2. The molecule has 1 fully saturated rings. The zero-order valence-electron chi connectivity index (χ0n) is 18.8. The number of carbonyl (C=O) groups is 1. The Hall–Kier alpha value is -2.32. The zero-order chi connectivity index (χ0) is 23.7. The van der Waals surface area contributed by atoms with Gasteiger partial charge in [0, 0.05) is 23.7 Å². The molecule has 5 nitrogen and oxygen atoms in total. The predicted molar refractivity (Wildman–Crippen MR) is 118 cm³/mol. The maximum atomic E-state index is 14.8. The van der Waals surface area contributed by atoms with Gasteiger partial charge in [-0.05, 0) is 58.2 Å². The van der Waals surface area contributed by atoms with E-state index < -0.39 is 44.9 Å². The standard InChI is InChI=1S/C24H29F2NO4S/c1-16-10-11-22(17-8-6-5-7-9-17)32(29,30)27(16)15-19-13-20(25)18(12-21(19)26)14-23(28)31-24(2,3)4/h5-9,12-13,16,22H,10-11,14-15H2,1-4H3/t16-,22+/m0/s1. The minimum absolute atomic E-state index is 0.0698. The van der Waals surface area contributed by atoms with Crippen LogP contribution in [0.3, 0.4) is 0 Å². The van der Waals surface area contributed by atoms with E-state index in [9.17, 15) is 22.0 Å². The van der Waals surface area contributed by atoms with Crippen molar-refractivity contribution in [3.8, 4) is 0 Å². The molecule has 1 saturated heterocycles. The van der Waals surface area contributed by atoms with Crippen LogP contribution in [0, 0.1) is 11.6 Å². The third-order valence-corrected chi connectivity index (χ3v) is 7.86. The van der Waals surface area contributed by atoms with E-state index in [-0.39, 0.29) is 23.7 Å². The van der Waals surface area contributed by atoms with Crippen LogP contribution in [0.15, 0.2) is 42.5 Å². The van der Waals surface area contributed by atoms with Crippen LogP contribution in [-0.4, -0.2) is 30.3 Å². The smallest absolute Gasteiger partial charge is 0.310 e. The molecule has 0 N–H and O–H groups in total. The SMILES string of the molecule is C[C@H]1CC[C@H](c2ccccc2)S(=O)(=O)N1Cc1cc(F)c(CC(=O)OC(C)(C)C)cc1F. The second kappa shape index (κ2) is 9.27. The van der Waals surface area contributed by atoms with Crippen LogP contribution >= 0.6 is 0 Å². The molecule has 0 aromatic heterocycles. The van der Waals surface area contributed by atoms with Gasteiger partial charge in [-0.15, -0.1) is 0 Å². The van der Waals surface area contributed by atoms with E-state index in [0.29, 0.717) is 18.4 Å². The van der Waals surface area contributed by atoms with Crippen molar-refractivity contribution in [1.82, 2.24) is 4.31 Å². The second-order valence-electron chi connectivity index (χ2n) is 9.21. The molecule has 0 spiro atoms. The highest BCUT2D eigenvalue weighted by molar-refractivity contribution is 7.89. The van der Waals surface area contributed by atoms with Gasteiger partial charge in [-0.25, -0.2) is 17.2 Å². The fraction of sp³-hybridized carbons (Fsp3) is 0.458. The molecule has 1 aliphatic heterocycles. The summed E-state index contributed by atoms with van der Waals surface area (Å²) in [6.07, 6.45) is 0.671. The summed E-state index contributed by atoms with van der Waals surface area (Å²) in [6, 6.07) is 10.5. The Labute approximate surface area is 188 Å². The number of carbonyl (C=O) groups excluding carboxylic acids is 1. The highest BCUT2D eigenvalue weighted by Crippen LogP contribution is 2.38. The van der Waals surface area contributed by atoms with Gasteiger partial charge < -0.3 is 4.74 Å². The summed E-state index contributed by atoms with van der Waals surface area (Å²) in [5, 5.41) is -0.723. The first kappa shape index (κ1) is 24.3. The molecule has 0 aliphatic carbocycles. The molecule has 2 atom stereocenters. The number of sulfonamides is 1. The summed E-state index contributed by atoms with van der Waals surface area (Å²) in [7, 11) is -3.77. The number of esters is 1. The lowest BCUT2D eigenvalue weighted by Crippen LogP contribution is -2.44. The average Bonchev–Trinajstić information content (AvgIpc) is 2.67. The Morgan fingerprint density at radius 3 is 2.28 bits per heavy atom. The van der Waals surface area contributed by atoms with Crippen molar-refractivity contribution in [2.24, 2.45) is 0 Å². The van der Waals surface area contributed by atoms with Crippen LogP contribution in [0.5, 0.6) is 0 Å². The fourth-order valence-corrected chi connectivity index (χ4v) is 6.13. The van der Waals surface area contributed by atoms with Crippen LogP contribution in [0.4, 0.5) is 8.78 Å². The lowest BCUT2D eigenvalue weighted by molar-refractivity contribution is -0.153. The molecule has 2 aromatic carbocycles.